The fourth-order valence-corrected chi connectivity index (χ4v) is 1.95. The lowest BCUT2D eigenvalue weighted by atomic mass is 9.80. The predicted molar refractivity (Wildman–Crippen MR) is 60.0 cm³/mol. The second-order valence-electron chi connectivity index (χ2n) is 4.26. The largest absolute Gasteiger partial charge is 0.382 e. The zero-order valence-electron chi connectivity index (χ0n) is 10.0. The molecule has 0 N–H and O–H groups in total. The highest BCUT2D eigenvalue weighted by Crippen LogP contribution is 2.32. The van der Waals surface area contributed by atoms with E-state index in [-0.39, 0.29) is 5.41 Å². The summed E-state index contributed by atoms with van der Waals surface area (Å²) in [6, 6.07) is 2.41. The van der Waals surface area contributed by atoms with Crippen LogP contribution in [0.2, 0.25) is 0 Å². The maximum absolute atomic E-state index is 9.19. The second-order valence-corrected chi connectivity index (χ2v) is 4.26. The summed E-state index contributed by atoms with van der Waals surface area (Å²) in [7, 11) is 1.66. The summed E-state index contributed by atoms with van der Waals surface area (Å²) in [5.41, 5.74) is -0.261. The van der Waals surface area contributed by atoms with Crippen LogP contribution in [0.5, 0.6) is 0 Å². The van der Waals surface area contributed by atoms with Crippen molar-refractivity contribution >= 4 is 0 Å². The lowest BCUT2D eigenvalue weighted by Crippen LogP contribution is -2.30. The number of nitriles is 1. The van der Waals surface area contributed by atoms with E-state index in [1.54, 1.807) is 7.11 Å². The monoisotopic (exact) mass is 227 g/mol. The first-order valence-electron chi connectivity index (χ1n) is 5.89. The minimum atomic E-state index is -0.261. The molecule has 1 atom stereocenters. The van der Waals surface area contributed by atoms with Crippen LogP contribution in [0.25, 0.3) is 0 Å². The molecule has 0 aromatic heterocycles. The Kier molecular flexibility index (Phi) is 6.39. The van der Waals surface area contributed by atoms with Crippen LogP contribution < -0.4 is 0 Å². The molecular weight excluding hydrogens is 206 g/mol. The van der Waals surface area contributed by atoms with Crippen LogP contribution in [0.15, 0.2) is 0 Å². The summed E-state index contributed by atoms with van der Waals surface area (Å²) in [5, 5.41) is 9.19. The number of nitrogens with zero attached hydrogens (tertiary/aromatic N) is 1. The molecule has 4 nitrogen and oxygen atoms in total. The van der Waals surface area contributed by atoms with Gasteiger partial charge in [0.05, 0.1) is 31.3 Å². The van der Waals surface area contributed by atoms with Crippen molar-refractivity contribution in [2.45, 2.75) is 25.7 Å². The normalized spacial score (nSPS) is 25.2. The minimum absolute atomic E-state index is 0.261. The van der Waals surface area contributed by atoms with Crippen molar-refractivity contribution in [3.63, 3.8) is 0 Å². The Morgan fingerprint density at radius 2 is 2.25 bits per heavy atom. The number of hydrogen-bond donors (Lipinski definition) is 0. The van der Waals surface area contributed by atoms with Crippen LogP contribution in [0.4, 0.5) is 0 Å². The van der Waals surface area contributed by atoms with Gasteiger partial charge in [0.25, 0.3) is 0 Å². The van der Waals surface area contributed by atoms with Gasteiger partial charge in [-0.15, -0.1) is 0 Å². The van der Waals surface area contributed by atoms with Crippen LogP contribution in [0.1, 0.15) is 25.7 Å². The van der Waals surface area contributed by atoms with E-state index in [1.807, 2.05) is 0 Å². The first-order valence-corrected chi connectivity index (χ1v) is 5.89. The van der Waals surface area contributed by atoms with Gasteiger partial charge in [0, 0.05) is 20.3 Å². The van der Waals surface area contributed by atoms with Crippen LogP contribution in [-0.4, -0.2) is 40.1 Å². The fraction of sp³-hybridized carbons (Fsp3) is 0.917. The molecule has 1 rings (SSSR count). The summed E-state index contributed by atoms with van der Waals surface area (Å²) in [4.78, 5) is 0. The van der Waals surface area contributed by atoms with E-state index in [2.05, 4.69) is 6.07 Å². The van der Waals surface area contributed by atoms with Crippen molar-refractivity contribution in [2.75, 3.05) is 40.1 Å². The Morgan fingerprint density at radius 3 is 2.88 bits per heavy atom. The van der Waals surface area contributed by atoms with Gasteiger partial charge in [0.2, 0.25) is 0 Å². The fourth-order valence-electron chi connectivity index (χ4n) is 1.95. The van der Waals surface area contributed by atoms with E-state index in [0.717, 1.165) is 32.3 Å². The number of hydrogen-bond acceptors (Lipinski definition) is 4. The van der Waals surface area contributed by atoms with Gasteiger partial charge >= 0.3 is 0 Å². The third kappa shape index (κ3) is 4.48. The highest BCUT2D eigenvalue weighted by Gasteiger charge is 2.32. The first-order chi connectivity index (χ1) is 7.83. The van der Waals surface area contributed by atoms with Gasteiger partial charge in [-0.1, -0.05) is 0 Å². The minimum Gasteiger partial charge on any atom is -0.382 e. The first kappa shape index (κ1) is 13.4. The quantitative estimate of drug-likeness (QED) is 0.622. The van der Waals surface area contributed by atoms with E-state index < -0.39 is 0 Å². The summed E-state index contributed by atoms with van der Waals surface area (Å²) < 4.78 is 15.7. The molecule has 1 fully saturated rings. The number of methoxy groups -OCH3 is 1. The van der Waals surface area contributed by atoms with E-state index in [1.165, 1.54) is 0 Å². The number of ether oxygens (including phenoxy) is 3. The Labute approximate surface area is 97.5 Å². The molecule has 0 spiro atoms. The Morgan fingerprint density at radius 1 is 1.38 bits per heavy atom. The average molecular weight is 227 g/mol. The third-order valence-electron chi connectivity index (χ3n) is 2.94. The molecule has 0 aliphatic carbocycles. The van der Waals surface area contributed by atoms with Gasteiger partial charge in [0.1, 0.15) is 0 Å². The van der Waals surface area contributed by atoms with Gasteiger partial charge in [0.15, 0.2) is 0 Å². The maximum Gasteiger partial charge on any atom is 0.0808 e. The van der Waals surface area contributed by atoms with Crippen molar-refractivity contribution in [3.8, 4) is 6.07 Å². The Balaban J connectivity index is 2.12. The average Bonchev–Trinajstić information content (AvgIpc) is 2.35. The topological polar surface area (TPSA) is 51.5 Å². The molecule has 16 heavy (non-hydrogen) atoms. The van der Waals surface area contributed by atoms with Gasteiger partial charge in [-0.05, 0) is 25.7 Å². The van der Waals surface area contributed by atoms with Gasteiger partial charge in [-0.25, -0.2) is 0 Å². The second kappa shape index (κ2) is 7.61. The Hall–Kier alpha value is -0.630. The molecule has 0 saturated carbocycles. The highest BCUT2D eigenvalue weighted by molar-refractivity contribution is 5.00. The van der Waals surface area contributed by atoms with Crippen LogP contribution in [0.3, 0.4) is 0 Å². The van der Waals surface area contributed by atoms with Crippen LogP contribution >= 0.6 is 0 Å². The summed E-state index contributed by atoms with van der Waals surface area (Å²) in [5.74, 6) is 0. The van der Waals surface area contributed by atoms with Gasteiger partial charge in [-0.3, -0.25) is 0 Å². The lowest BCUT2D eigenvalue weighted by molar-refractivity contribution is 0.0101. The van der Waals surface area contributed by atoms with E-state index >= 15 is 0 Å². The van der Waals surface area contributed by atoms with Crippen molar-refractivity contribution in [3.05, 3.63) is 0 Å². The van der Waals surface area contributed by atoms with Crippen molar-refractivity contribution in [1.29, 1.82) is 5.26 Å². The molecule has 1 aliphatic heterocycles. The van der Waals surface area contributed by atoms with E-state index in [0.29, 0.717) is 26.4 Å². The molecule has 1 aliphatic rings. The molecule has 0 bridgehead atoms. The summed E-state index contributed by atoms with van der Waals surface area (Å²) in [6.07, 6.45) is 3.75. The summed E-state index contributed by atoms with van der Waals surface area (Å²) >= 11 is 0. The van der Waals surface area contributed by atoms with E-state index in [4.69, 9.17) is 14.2 Å². The van der Waals surface area contributed by atoms with Gasteiger partial charge in [-0.2, -0.15) is 5.26 Å². The van der Waals surface area contributed by atoms with E-state index in [9.17, 15) is 5.26 Å². The molecule has 0 aromatic carbocycles. The predicted octanol–water partition coefficient (Wildman–Crippen LogP) is 1.75. The molecule has 0 amide bonds. The smallest absolute Gasteiger partial charge is 0.0808 e. The molecule has 4 heteroatoms. The molecular formula is C12H21NO3. The zero-order valence-corrected chi connectivity index (χ0v) is 10.0. The standard InChI is InChI=1S/C12H21NO3/c1-14-8-9-15-6-2-4-12(10-13)5-3-7-16-11-12/h2-9,11H2,1H3. The highest BCUT2D eigenvalue weighted by atomic mass is 16.5. The Bertz CT molecular complexity index is 219. The van der Waals surface area contributed by atoms with Crippen LogP contribution in [-0.2, 0) is 14.2 Å². The molecule has 1 heterocycles. The molecule has 92 valence electrons. The van der Waals surface area contributed by atoms with Gasteiger partial charge < -0.3 is 14.2 Å². The van der Waals surface area contributed by atoms with Crippen molar-refractivity contribution in [1.82, 2.24) is 0 Å². The molecule has 1 unspecified atom stereocenters. The molecule has 1 saturated heterocycles. The maximum atomic E-state index is 9.19. The van der Waals surface area contributed by atoms with Crippen LogP contribution in [0, 0.1) is 16.7 Å². The SMILES string of the molecule is COCCOCCCC1(C#N)CCCOC1. The van der Waals surface area contributed by atoms with Crippen molar-refractivity contribution < 1.29 is 14.2 Å². The number of rotatable bonds is 7. The third-order valence-corrected chi connectivity index (χ3v) is 2.94. The lowest BCUT2D eigenvalue weighted by Gasteiger charge is -2.30. The molecule has 0 radical (unpaired) electrons. The zero-order chi connectivity index (χ0) is 11.7. The summed E-state index contributed by atoms with van der Waals surface area (Å²) in [6.45, 7) is 3.35. The van der Waals surface area contributed by atoms with Crippen molar-refractivity contribution in [2.24, 2.45) is 5.41 Å². The molecule has 0 aromatic rings.